The van der Waals surface area contributed by atoms with Crippen molar-refractivity contribution >= 4 is 9.84 Å². The van der Waals surface area contributed by atoms with E-state index in [4.69, 9.17) is 0 Å². The lowest BCUT2D eigenvalue weighted by molar-refractivity contribution is 0.0720. The molecule has 0 amide bonds. The molecular formula is C9H17NO3S. The van der Waals surface area contributed by atoms with Crippen molar-refractivity contribution in [3.05, 3.63) is 0 Å². The van der Waals surface area contributed by atoms with Crippen LogP contribution in [0.25, 0.3) is 0 Å². The van der Waals surface area contributed by atoms with Gasteiger partial charge in [-0.25, -0.2) is 8.42 Å². The third-order valence-electron chi connectivity index (χ3n) is 3.39. The molecule has 0 aromatic heterocycles. The van der Waals surface area contributed by atoms with E-state index < -0.39 is 9.84 Å². The normalized spacial score (nSPS) is 35.6. The minimum atomic E-state index is -2.80. The van der Waals surface area contributed by atoms with Crippen LogP contribution in [0, 0.1) is 0 Å². The number of nitrogens with one attached hydrogen (secondary N) is 1. The highest BCUT2D eigenvalue weighted by Crippen LogP contribution is 2.31. The molecule has 2 aliphatic rings. The van der Waals surface area contributed by atoms with E-state index >= 15 is 0 Å². The van der Waals surface area contributed by atoms with Crippen LogP contribution < -0.4 is 5.32 Å². The van der Waals surface area contributed by atoms with Crippen LogP contribution in [0.4, 0.5) is 0 Å². The molecule has 1 atom stereocenters. The molecule has 4 nitrogen and oxygen atoms in total. The molecule has 2 aliphatic heterocycles. The second-order valence-corrected chi connectivity index (χ2v) is 6.81. The SMILES string of the molecule is O=S1(=O)CCC2(CC1)C[C@@H](O)CCN2. The standard InChI is InChI=1S/C9H17NO3S/c11-8-1-4-10-9(7-8)2-5-14(12,13)6-3-9/h8,10-11H,1-7H2/t8-/m0/s1. The first-order valence-electron chi connectivity index (χ1n) is 5.15. The number of aliphatic hydroxyl groups excluding tert-OH is 1. The Balaban J connectivity index is 2.04. The fourth-order valence-corrected chi connectivity index (χ4v) is 4.05. The molecule has 2 fully saturated rings. The number of aliphatic hydroxyl groups is 1. The fraction of sp³-hybridized carbons (Fsp3) is 1.00. The van der Waals surface area contributed by atoms with E-state index in [-0.39, 0.29) is 23.1 Å². The van der Waals surface area contributed by atoms with Crippen LogP contribution in [0.15, 0.2) is 0 Å². The first-order chi connectivity index (χ1) is 6.52. The second kappa shape index (κ2) is 3.47. The summed E-state index contributed by atoms with van der Waals surface area (Å²) in [7, 11) is -2.80. The van der Waals surface area contributed by atoms with Gasteiger partial charge in [-0.15, -0.1) is 0 Å². The Morgan fingerprint density at radius 1 is 1.29 bits per heavy atom. The summed E-state index contributed by atoms with van der Waals surface area (Å²) in [5.74, 6) is 0.541. The number of hydrogen-bond donors (Lipinski definition) is 2. The first-order valence-corrected chi connectivity index (χ1v) is 6.97. The highest BCUT2D eigenvalue weighted by molar-refractivity contribution is 7.91. The Hall–Kier alpha value is -0.130. The lowest BCUT2D eigenvalue weighted by atomic mass is 9.82. The van der Waals surface area contributed by atoms with Gasteiger partial charge in [0.2, 0.25) is 0 Å². The fourth-order valence-electron chi connectivity index (χ4n) is 2.44. The van der Waals surface area contributed by atoms with Crippen molar-refractivity contribution < 1.29 is 13.5 Å². The zero-order chi connectivity index (χ0) is 10.2. The third-order valence-corrected chi connectivity index (χ3v) is 5.04. The van der Waals surface area contributed by atoms with Crippen molar-refractivity contribution in [2.45, 2.75) is 37.3 Å². The summed E-state index contributed by atoms with van der Waals surface area (Å²) in [6.07, 6.45) is 2.56. The highest BCUT2D eigenvalue weighted by Gasteiger charge is 2.40. The first kappa shape index (κ1) is 10.4. The average molecular weight is 219 g/mol. The maximum Gasteiger partial charge on any atom is 0.150 e. The van der Waals surface area contributed by atoms with Crippen molar-refractivity contribution in [3.8, 4) is 0 Å². The van der Waals surface area contributed by atoms with Gasteiger partial charge < -0.3 is 10.4 Å². The minimum absolute atomic E-state index is 0.0943. The molecule has 0 saturated carbocycles. The van der Waals surface area contributed by atoms with Crippen molar-refractivity contribution in [3.63, 3.8) is 0 Å². The molecule has 0 aromatic carbocycles. The lowest BCUT2D eigenvalue weighted by Gasteiger charge is -2.43. The van der Waals surface area contributed by atoms with Crippen LogP contribution in [0.5, 0.6) is 0 Å². The Morgan fingerprint density at radius 3 is 2.50 bits per heavy atom. The van der Waals surface area contributed by atoms with Gasteiger partial charge in [0.05, 0.1) is 17.6 Å². The molecule has 2 N–H and O–H groups in total. The molecule has 2 saturated heterocycles. The quantitative estimate of drug-likeness (QED) is 0.586. The molecule has 2 rings (SSSR count). The van der Waals surface area contributed by atoms with Gasteiger partial charge >= 0.3 is 0 Å². The van der Waals surface area contributed by atoms with E-state index in [1.165, 1.54) is 0 Å². The molecule has 82 valence electrons. The zero-order valence-electron chi connectivity index (χ0n) is 8.20. The summed E-state index contributed by atoms with van der Waals surface area (Å²) in [5.41, 5.74) is -0.0943. The van der Waals surface area contributed by atoms with Gasteiger partial charge in [-0.1, -0.05) is 0 Å². The number of piperidine rings is 1. The predicted octanol–water partition coefficient (Wildman–Crippen LogP) is -0.322. The summed E-state index contributed by atoms with van der Waals surface area (Å²) in [4.78, 5) is 0. The number of hydrogen-bond acceptors (Lipinski definition) is 4. The Morgan fingerprint density at radius 2 is 1.93 bits per heavy atom. The minimum Gasteiger partial charge on any atom is -0.393 e. The number of rotatable bonds is 0. The maximum absolute atomic E-state index is 11.3. The van der Waals surface area contributed by atoms with Gasteiger partial charge in [0, 0.05) is 5.54 Å². The summed E-state index contributed by atoms with van der Waals surface area (Å²) in [5, 5.41) is 12.9. The maximum atomic E-state index is 11.3. The highest BCUT2D eigenvalue weighted by atomic mass is 32.2. The Bertz CT molecular complexity index is 298. The molecule has 0 bridgehead atoms. The largest absolute Gasteiger partial charge is 0.393 e. The average Bonchev–Trinajstić information content (AvgIpc) is 2.12. The van der Waals surface area contributed by atoms with Crippen molar-refractivity contribution in [1.29, 1.82) is 0 Å². The van der Waals surface area contributed by atoms with Crippen molar-refractivity contribution in [2.75, 3.05) is 18.1 Å². The van der Waals surface area contributed by atoms with Crippen molar-refractivity contribution in [2.24, 2.45) is 0 Å². The van der Waals surface area contributed by atoms with E-state index in [1.54, 1.807) is 0 Å². The van der Waals surface area contributed by atoms with Crippen LogP contribution in [-0.2, 0) is 9.84 Å². The summed E-state index contributed by atoms with van der Waals surface area (Å²) >= 11 is 0. The molecule has 0 aliphatic carbocycles. The van der Waals surface area contributed by atoms with Crippen LogP contribution in [0.3, 0.4) is 0 Å². The molecule has 0 radical (unpaired) electrons. The Kier molecular flexibility index (Phi) is 2.57. The van der Waals surface area contributed by atoms with Gasteiger partial charge in [0.25, 0.3) is 0 Å². The van der Waals surface area contributed by atoms with E-state index in [1.807, 2.05) is 0 Å². The molecule has 5 heteroatoms. The van der Waals surface area contributed by atoms with Crippen LogP contribution in [0.1, 0.15) is 25.7 Å². The van der Waals surface area contributed by atoms with Crippen LogP contribution in [-0.4, -0.2) is 43.2 Å². The summed E-state index contributed by atoms with van der Waals surface area (Å²) < 4.78 is 22.5. The van der Waals surface area contributed by atoms with Crippen LogP contribution >= 0.6 is 0 Å². The van der Waals surface area contributed by atoms with E-state index in [9.17, 15) is 13.5 Å². The molecule has 1 spiro atoms. The predicted molar refractivity (Wildman–Crippen MR) is 53.9 cm³/mol. The van der Waals surface area contributed by atoms with E-state index in [0.29, 0.717) is 19.3 Å². The Labute approximate surface area is 84.6 Å². The second-order valence-electron chi connectivity index (χ2n) is 4.51. The van der Waals surface area contributed by atoms with E-state index in [0.717, 1.165) is 13.0 Å². The zero-order valence-corrected chi connectivity index (χ0v) is 9.02. The molecule has 14 heavy (non-hydrogen) atoms. The molecular weight excluding hydrogens is 202 g/mol. The van der Waals surface area contributed by atoms with Gasteiger partial charge in [0.15, 0.2) is 0 Å². The van der Waals surface area contributed by atoms with Gasteiger partial charge in [-0.2, -0.15) is 0 Å². The molecule has 0 unspecified atom stereocenters. The van der Waals surface area contributed by atoms with Gasteiger partial charge in [-0.05, 0) is 32.2 Å². The van der Waals surface area contributed by atoms with Gasteiger partial charge in [-0.3, -0.25) is 0 Å². The topological polar surface area (TPSA) is 66.4 Å². The summed E-state index contributed by atoms with van der Waals surface area (Å²) in [6, 6.07) is 0. The summed E-state index contributed by atoms with van der Waals surface area (Å²) in [6.45, 7) is 0.807. The van der Waals surface area contributed by atoms with E-state index in [2.05, 4.69) is 5.32 Å². The smallest absolute Gasteiger partial charge is 0.150 e. The van der Waals surface area contributed by atoms with Crippen molar-refractivity contribution in [1.82, 2.24) is 5.32 Å². The molecule has 2 heterocycles. The van der Waals surface area contributed by atoms with Gasteiger partial charge in [0.1, 0.15) is 9.84 Å². The monoisotopic (exact) mass is 219 g/mol. The third kappa shape index (κ3) is 2.10. The number of sulfone groups is 1. The lowest BCUT2D eigenvalue weighted by Crippen LogP contribution is -2.56. The molecule has 0 aromatic rings. The van der Waals surface area contributed by atoms with Crippen LogP contribution in [0.2, 0.25) is 0 Å².